The number of phosphoric acid groups is 1. The van der Waals surface area contributed by atoms with Gasteiger partial charge in [0, 0.05) is 35.8 Å². The number of benzene rings is 4. The summed E-state index contributed by atoms with van der Waals surface area (Å²) in [6.07, 6.45) is -2.30. The molecule has 0 atom stereocenters. The van der Waals surface area contributed by atoms with Gasteiger partial charge in [0.1, 0.15) is 18.2 Å². The maximum atomic E-state index is 16.0. The molecule has 0 saturated carbocycles. The number of rotatable bonds is 14. The number of alkyl halides is 3. The average Bonchev–Trinajstić information content (AvgIpc) is 3.90. The highest BCUT2D eigenvalue weighted by molar-refractivity contribution is 7.48. The monoisotopic (exact) mass is 860 g/mol. The largest absolute Gasteiger partial charge is 0.530 e. The van der Waals surface area contributed by atoms with Crippen LogP contribution in [0, 0.1) is 12.7 Å². The summed E-state index contributed by atoms with van der Waals surface area (Å²) >= 11 is 0. The molecule has 1 aliphatic rings. The van der Waals surface area contributed by atoms with Crippen LogP contribution in [0.3, 0.4) is 0 Å². The van der Waals surface area contributed by atoms with Crippen molar-refractivity contribution in [3.8, 4) is 22.7 Å². The number of fused-ring (bicyclic) bond motifs is 2. The topological polar surface area (TPSA) is 97.0 Å². The molecule has 0 unspecified atom stereocenters. The Bertz CT molecular complexity index is 2600. The number of halogens is 4. The summed E-state index contributed by atoms with van der Waals surface area (Å²) < 4.78 is 94.1. The Balaban J connectivity index is 1.25. The third-order valence-corrected chi connectivity index (χ3v) is 12.8. The van der Waals surface area contributed by atoms with Gasteiger partial charge in [0.15, 0.2) is 0 Å². The minimum atomic E-state index is -4.45. The smallest absolute Gasteiger partial charge is 0.444 e. The van der Waals surface area contributed by atoms with Crippen molar-refractivity contribution in [3.63, 3.8) is 0 Å². The summed E-state index contributed by atoms with van der Waals surface area (Å²) in [5.41, 5.74) is 6.77. The number of para-hydroxylation sites is 1. The van der Waals surface area contributed by atoms with Gasteiger partial charge in [0.25, 0.3) is 0 Å². The highest BCUT2D eigenvalue weighted by Crippen LogP contribution is 2.50. The second kappa shape index (κ2) is 17.2. The maximum absolute atomic E-state index is 16.0. The fourth-order valence-corrected chi connectivity index (χ4v) is 9.23. The maximum Gasteiger partial charge on any atom is 0.530 e. The lowest BCUT2D eigenvalue weighted by molar-refractivity contribution is -0.137. The number of phosphoric ester groups is 1. The van der Waals surface area contributed by atoms with E-state index in [9.17, 15) is 22.5 Å². The minimum absolute atomic E-state index is 0.0318. The van der Waals surface area contributed by atoms with Crippen molar-refractivity contribution < 1.29 is 45.2 Å². The summed E-state index contributed by atoms with van der Waals surface area (Å²) in [6, 6.07) is 21.1. The normalized spacial score (nSPS) is 14.1. The van der Waals surface area contributed by atoms with E-state index in [4.69, 9.17) is 23.4 Å². The van der Waals surface area contributed by atoms with Crippen molar-refractivity contribution in [1.29, 1.82) is 0 Å². The first-order chi connectivity index (χ1) is 29.0. The molecule has 0 bridgehead atoms. The molecule has 15 heteroatoms. The molecule has 7 rings (SSSR count). The van der Waals surface area contributed by atoms with E-state index in [2.05, 4.69) is 44.7 Å². The van der Waals surface area contributed by atoms with Gasteiger partial charge < -0.3 is 9.26 Å². The molecule has 0 saturated heterocycles. The molecule has 61 heavy (non-hydrogen) atoms. The fraction of sp³-hybridized carbons (Fsp3) is 0.348. The SMILES string of the molecule is CCOP(=O)(OCC)Oc1ccc(COC(=O)n2ccc3c(-c4c5c(nn4-c4c(CC)cccc4CC)C(C)(C)N(Cc4ccc(C(F)(F)F)cc4C)C5)ccc(F)c32)cc1. The lowest BCUT2D eigenvalue weighted by atomic mass is 9.96. The third-order valence-electron chi connectivity index (χ3n) is 11.2. The second-order valence-electron chi connectivity index (χ2n) is 15.4. The standard InChI is InChI=1S/C46H49F4N4O6P/c1-8-31-13-12-14-32(9-2)40(31)54-41(38-27-52(45(6,7)43(38)51-54)26-33-17-18-34(25-29(33)5)46(48,49)50)36-21-22-39(47)42-37(36)23-24-53(42)44(55)57-28-30-15-19-35(20-16-30)60-61(56,58-10-3)59-11-4/h12-25H,8-11,26-28H2,1-7H3. The van der Waals surface area contributed by atoms with E-state index in [1.807, 2.05) is 10.7 Å². The quantitative estimate of drug-likeness (QED) is 0.0789. The predicted molar refractivity (Wildman–Crippen MR) is 225 cm³/mol. The van der Waals surface area contributed by atoms with Gasteiger partial charge in [-0.3, -0.25) is 13.9 Å². The summed E-state index contributed by atoms with van der Waals surface area (Å²) in [6.45, 7) is 14.2. The van der Waals surface area contributed by atoms with Gasteiger partial charge in [0.2, 0.25) is 0 Å². The van der Waals surface area contributed by atoms with Crippen LogP contribution >= 0.6 is 7.82 Å². The minimum Gasteiger partial charge on any atom is -0.444 e. The van der Waals surface area contributed by atoms with E-state index in [0.717, 1.165) is 62.8 Å². The molecule has 0 aliphatic carbocycles. The summed E-state index contributed by atoms with van der Waals surface area (Å²) in [5.74, 6) is -0.383. The summed E-state index contributed by atoms with van der Waals surface area (Å²) in [5, 5.41) is 5.81. The summed E-state index contributed by atoms with van der Waals surface area (Å²) in [7, 11) is -3.80. The predicted octanol–water partition coefficient (Wildman–Crippen LogP) is 12.1. The molecule has 0 fully saturated rings. The van der Waals surface area contributed by atoms with Crippen LogP contribution in [0.15, 0.2) is 85.1 Å². The zero-order valence-electron chi connectivity index (χ0n) is 35.2. The molecule has 6 aromatic rings. The van der Waals surface area contributed by atoms with E-state index in [-0.39, 0.29) is 31.1 Å². The zero-order valence-corrected chi connectivity index (χ0v) is 36.1. The number of nitrogens with zero attached hydrogens (tertiary/aromatic N) is 4. The zero-order chi connectivity index (χ0) is 43.9. The van der Waals surface area contributed by atoms with Gasteiger partial charge in [-0.15, -0.1) is 0 Å². The number of ether oxygens (including phenoxy) is 1. The molecule has 10 nitrogen and oxygen atoms in total. The van der Waals surface area contributed by atoms with Crippen molar-refractivity contribution in [2.75, 3.05) is 13.2 Å². The Morgan fingerprint density at radius 3 is 2.16 bits per heavy atom. The van der Waals surface area contributed by atoms with Crippen molar-refractivity contribution >= 4 is 24.8 Å². The molecule has 0 N–H and O–H groups in total. The van der Waals surface area contributed by atoms with Crippen LogP contribution < -0.4 is 4.52 Å². The van der Waals surface area contributed by atoms with Crippen LogP contribution in [0.2, 0.25) is 0 Å². The van der Waals surface area contributed by atoms with Crippen LogP contribution in [0.25, 0.3) is 27.8 Å². The molecule has 0 radical (unpaired) electrons. The molecular weight excluding hydrogens is 811 g/mol. The van der Waals surface area contributed by atoms with E-state index >= 15 is 4.39 Å². The number of hydrogen-bond acceptors (Lipinski definition) is 8. The van der Waals surface area contributed by atoms with Gasteiger partial charge in [-0.25, -0.2) is 23.0 Å². The van der Waals surface area contributed by atoms with E-state index in [1.54, 1.807) is 57.2 Å². The Morgan fingerprint density at radius 2 is 1.56 bits per heavy atom. The molecule has 4 aromatic carbocycles. The molecule has 3 heterocycles. The lowest BCUT2D eigenvalue weighted by Crippen LogP contribution is -2.36. The van der Waals surface area contributed by atoms with Gasteiger partial charge >= 0.3 is 20.1 Å². The number of hydrogen-bond donors (Lipinski definition) is 0. The summed E-state index contributed by atoms with van der Waals surface area (Å²) in [4.78, 5) is 15.9. The van der Waals surface area contributed by atoms with Crippen LogP contribution in [0.5, 0.6) is 5.75 Å². The molecular formula is C46H49F4N4O6P. The first kappa shape index (κ1) is 43.8. The number of aryl methyl sites for hydroxylation is 3. The van der Waals surface area contributed by atoms with Crippen LogP contribution in [-0.4, -0.2) is 38.6 Å². The number of carbonyl (C=O) groups is 1. The average molecular weight is 861 g/mol. The van der Waals surface area contributed by atoms with Gasteiger partial charge in [0.05, 0.1) is 46.9 Å². The van der Waals surface area contributed by atoms with E-state index in [0.29, 0.717) is 35.2 Å². The van der Waals surface area contributed by atoms with Gasteiger partial charge in [-0.1, -0.05) is 50.2 Å². The number of carbonyl (C=O) groups excluding carboxylic acids is 1. The highest BCUT2D eigenvalue weighted by atomic mass is 31.2. The Labute approximate surface area is 352 Å². The first-order valence-electron chi connectivity index (χ1n) is 20.3. The first-order valence-corrected chi connectivity index (χ1v) is 21.8. The second-order valence-corrected chi connectivity index (χ2v) is 17.0. The Morgan fingerprint density at radius 1 is 0.885 bits per heavy atom. The molecule has 0 spiro atoms. The van der Waals surface area contributed by atoms with Crippen molar-refractivity contribution in [2.24, 2.45) is 0 Å². The van der Waals surface area contributed by atoms with Gasteiger partial charge in [-0.05, 0) is 118 Å². The Hall–Kier alpha value is -5.27. The van der Waals surface area contributed by atoms with Crippen molar-refractivity contribution in [1.82, 2.24) is 19.2 Å². The van der Waals surface area contributed by atoms with E-state index in [1.165, 1.54) is 24.4 Å². The molecule has 2 aromatic heterocycles. The fourth-order valence-electron chi connectivity index (χ4n) is 8.04. The third kappa shape index (κ3) is 8.51. The van der Waals surface area contributed by atoms with E-state index < -0.39 is 37.0 Å². The lowest BCUT2D eigenvalue weighted by Gasteiger charge is -2.32. The molecule has 322 valence electrons. The van der Waals surface area contributed by atoms with Crippen LogP contribution in [0.4, 0.5) is 22.4 Å². The van der Waals surface area contributed by atoms with Gasteiger partial charge in [-0.2, -0.15) is 18.3 Å². The highest BCUT2D eigenvalue weighted by Gasteiger charge is 2.44. The van der Waals surface area contributed by atoms with Crippen molar-refractivity contribution in [2.45, 2.75) is 92.7 Å². The Kier molecular flexibility index (Phi) is 12.4. The van der Waals surface area contributed by atoms with Crippen LogP contribution in [-0.2, 0) is 62.6 Å². The molecule has 0 amide bonds. The van der Waals surface area contributed by atoms with Crippen LogP contribution in [0.1, 0.15) is 86.2 Å². The molecule has 1 aliphatic heterocycles. The number of aromatic nitrogens is 3. The van der Waals surface area contributed by atoms with Crippen molar-refractivity contribution in [3.05, 3.63) is 136 Å².